The van der Waals surface area contributed by atoms with Crippen LogP contribution in [0, 0.1) is 11.6 Å². The summed E-state index contributed by atoms with van der Waals surface area (Å²) < 4.78 is 45.1. The summed E-state index contributed by atoms with van der Waals surface area (Å²) in [5.74, 6) is -0.734. The first-order valence-corrected chi connectivity index (χ1v) is 8.75. The van der Waals surface area contributed by atoms with Gasteiger partial charge in [-0.3, -0.25) is 9.11 Å². The topological polar surface area (TPSA) is 75.9 Å². The van der Waals surface area contributed by atoms with Crippen LogP contribution in [0.2, 0.25) is 0 Å². The van der Waals surface area contributed by atoms with E-state index >= 15 is 0 Å². The zero-order chi connectivity index (χ0) is 16.6. The van der Waals surface area contributed by atoms with Gasteiger partial charge in [-0.1, -0.05) is 0 Å². The maximum Gasteiger partial charge on any atom is 0.414 e. The van der Waals surface area contributed by atoms with Crippen molar-refractivity contribution in [1.82, 2.24) is 0 Å². The van der Waals surface area contributed by atoms with Gasteiger partial charge in [-0.2, -0.15) is 0 Å². The molecule has 2 fully saturated rings. The molecule has 0 bridgehead atoms. The molecule has 1 aromatic rings. The zero-order valence-electron chi connectivity index (χ0n) is 12.3. The minimum absolute atomic E-state index is 0.102. The number of rotatable bonds is 3. The average molecular weight is 345 g/mol. The fourth-order valence-corrected chi connectivity index (χ4v) is 3.78. The number of halogens is 2. The number of nitrogens with two attached hydrogens (primary N) is 1. The fraction of sp³-hybridized carbons (Fsp3) is 0.500. The van der Waals surface area contributed by atoms with E-state index in [9.17, 15) is 17.8 Å². The van der Waals surface area contributed by atoms with Crippen LogP contribution >= 0.6 is 0 Å². The van der Waals surface area contributed by atoms with Gasteiger partial charge in [0.1, 0.15) is 11.8 Å². The number of hydrogen-bond donors (Lipinski definition) is 1. The van der Waals surface area contributed by atoms with Crippen LogP contribution in [0.25, 0.3) is 0 Å². The molecule has 0 aromatic heterocycles. The van der Waals surface area contributed by atoms with Gasteiger partial charge in [0.15, 0.2) is 11.6 Å². The van der Waals surface area contributed by atoms with Crippen molar-refractivity contribution in [3.63, 3.8) is 0 Å². The van der Waals surface area contributed by atoms with Crippen molar-refractivity contribution < 1.29 is 22.5 Å². The summed E-state index contributed by atoms with van der Waals surface area (Å²) in [5, 5.41) is 0. The Morgan fingerprint density at radius 2 is 1.87 bits per heavy atom. The Kier molecular flexibility index (Phi) is 4.49. The number of nitrogens with zero attached hydrogens (tertiary/aromatic N) is 2. The van der Waals surface area contributed by atoms with Crippen molar-refractivity contribution in [3.8, 4) is 0 Å². The van der Waals surface area contributed by atoms with Crippen LogP contribution in [0.5, 0.6) is 0 Å². The molecule has 0 radical (unpaired) electrons. The first-order chi connectivity index (χ1) is 11.0. The van der Waals surface area contributed by atoms with Gasteiger partial charge in [-0.25, -0.2) is 13.6 Å². The van der Waals surface area contributed by atoms with E-state index in [1.165, 1.54) is 4.90 Å². The normalized spacial score (nSPS) is 22.6. The summed E-state index contributed by atoms with van der Waals surface area (Å²) in [6, 6.07) is 2.23. The summed E-state index contributed by atoms with van der Waals surface area (Å²) in [7, 11) is -0.932. The van der Waals surface area contributed by atoms with Crippen molar-refractivity contribution in [2.75, 3.05) is 47.5 Å². The molecule has 0 spiro atoms. The highest BCUT2D eigenvalue weighted by molar-refractivity contribution is 7.85. The van der Waals surface area contributed by atoms with Gasteiger partial charge in [-0.15, -0.1) is 0 Å². The van der Waals surface area contributed by atoms with Gasteiger partial charge in [0, 0.05) is 54.1 Å². The number of hydrogen-bond acceptors (Lipinski definition) is 5. The molecule has 1 unspecified atom stereocenters. The highest BCUT2D eigenvalue weighted by atomic mass is 32.2. The molecule has 2 aliphatic heterocycles. The Morgan fingerprint density at radius 1 is 1.26 bits per heavy atom. The molecule has 0 saturated carbocycles. The molecular weight excluding hydrogens is 328 g/mol. The molecule has 1 atom stereocenters. The minimum Gasteiger partial charge on any atom is -0.443 e. The lowest BCUT2D eigenvalue weighted by atomic mass is 10.2. The summed E-state index contributed by atoms with van der Waals surface area (Å²) in [6.45, 7) is 0.980. The quantitative estimate of drug-likeness (QED) is 0.878. The van der Waals surface area contributed by atoms with Gasteiger partial charge in [0.2, 0.25) is 0 Å². The van der Waals surface area contributed by atoms with Crippen LogP contribution in [0.4, 0.5) is 25.0 Å². The monoisotopic (exact) mass is 345 g/mol. The smallest absolute Gasteiger partial charge is 0.414 e. The van der Waals surface area contributed by atoms with Gasteiger partial charge in [0.25, 0.3) is 0 Å². The lowest BCUT2D eigenvalue weighted by Gasteiger charge is -2.29. The lowest BCUT2D eigenvalue weighted by Crippen LogP contribution is -2.38. The largest absolute Gasteiger partial charge is 0.443 e. The van der Waals surface area contributed by atoms with Crippen molar-refractivity contribution in [2.24, 2.45) is 5.73 Å². The van der Waals surface area contributed by atoms with E-state index in [1.54, 1.807) is 4.90 Å². The van der Waals surface area contributed by atoms with E-state index in [2.05, 4.69) is 0 Å². The molecule has 126 valence electrons. The number of ether oxygens (including phenoxy) is 1. The molecule has 2 aliphatic rings. The van der Waals surface area contributed by atoms with E-state index in [0.29, 0.717) is 24.6 Å². The van der Waals surface area contributed by atoms with Crippen LogP contribution in [-0.2, 0) is 15.5 Å². The van der Waals surface area contributed by atoms with Crippen LogP contribution in [0.15, 0.2) is 12.1 Å². The van der Waals surface area contributed by atoms with E-state index in [1.807, 2.05) is 0 Å². The molecule has 9 heteroatoms. The van der Waals surface area contributed by atoms with Crippen LogP contribution in [0.1, 0.15) is 0 Å². The highest BCUT2D eigenvalue weighted by Gasteiger charge is 2.33. The molecule has 23 heavy (non-hydrogen) atoms. The number of anilines is 2. The van der Waals surface area contributed by atoms with E-state index in [4.69, 9.17) is 10.5 Å². The van der Waals surface area contributed by atoms with Gasteiger partial charge in [-0.05, 0) is 0 Å². The standard InChI is InChI=1S/C14H17F2N3O3S/c15-11-5-9(19-8-10(7-17)22-14(19)20)6-12(16)13(11)18-1-3-23(21)4-2-18/h5-6,10H,1-4,7-8,17H2. The van der Waals surface area contributed by atoms with E-state index in [0.717, 1.165) is 12.1 Å². The third kappa shape index (κ3) is 3.16. The highest BCUT2D eigenvalue weighted by Crippen LogP contribution is 2.31. The van der Waals surface area contributed by atoms with Crippen molar-refractivity contribution in [2.45, 2.75) is 6.10 Å². The average Bonchev–Trinajstić information content (AvgIpc) is 2.89. The Labute approximate surface area is 134 Å². The van der Waals surface area contributed by atoms with Crippen LogP contribution in [-0.4, -0.2) is 54.1 Å². The molecule has 3 rings (SSSR count). The van der Waals surface area contributed by atoms with Crippen LogP contribution in [0.3, 0.4) is 0 Å². The van der Waals surface area contributed by atoms with Gasteiger partial charge < -0.3 is 15.4 Å². The molecule has 2 heterocycles. The summed E-state index contributed by atoms with van der Waals surface area (Å²) in [4.78, 5) is 14.5. The van der Waals surface area contributed by atoms with Crippen molar-refractivity contribution in [3.05, 3.63) is 23.8 Å². The minimum atomic E-state index is -0.932. The molecule has 6 nitrogen and oxygen atoms in total. The lowest BCUT2D eigenvalue weighted by molar-refractivity contribution is 0.145. The maximum atomic E-state index is 14.4. The van der Waals surface area contributed by atoms with Gasteiger partial charge >= 0.3 is 6.09 Å². The summed E-state index contributed by atoms with van der Waals surface area (Å²) >= 11 is 0. The van der Waals surface area contributed by atoms with Gasteiger partial charge in [0.05, 0.1) is 12.2 Å². The molecule has 1 amide bonds. The first kappa shape index (κ1) is 16.1. The Morgan fingerprint density at radius 3 is 2.39 bits per heavy atom. The first-order valence-electron chi connectivity index (χ1n) is 7.26. The summed E-state index contributed by atoms with van der Waals surface area (Å²) in [6.07, 6.45) is -1.15. The van der Waals surface area contributed by atoms with Crippen molar-refractivity contribution >= 4 is 28.3 Å². The maximum absolute atomic E-state index is 14.4. The SMILES string of the molecule is NCC1CN(c2cc(F)c(N3CCS(=O)CC3)c(F)c2)C(=O)O1. The third-order valence-electron chi connectivity index (χ3n) is 3.94. The second-order valence-electron chi connectivity index (χ2n) is 5.45. The molecule has 2 saturated heterocycles. The number of carbonyl (C=O) groups excluding carboxylic acids is 1. The second kappa shape index (κ2) is 6.40. The second-order valence-corrected chi connectivity index (χ2v) is 7.14. The molecular formula is C14H17F2N3O3S. The molecule has 2 N–H and O–H groups in total. The molecule has 1 aromatic carbocycles. The zero-order valence-corrected chi connectivity index (χ0v) is 13.2. The van der Waals surface area contributed by atoms with E-state index in [-0.39, 0.29) is 24.5 Å². The predicted octanol–water partition coefficient (Wildman–Crippen LogP) is 0.817. The number of cyclic esters (lactones) is 1. The number of carbonyl (C=O) groups is 1. The predicted molar refractivity (Wildman–Crippen MR) is 83.1 cm³/mol. The van der Waals surface area contributed by atoms with Crippen LogP contribution < -0.4 is 15.5 Å². The summed E-state index contributed by atoms with van der Waals surface area (Å²) in [5.41, 5.74) is 5.40. The fourth-order valence-electron chi connectivity index (χ4n) is 2.73. The van der Waals surface area contributed by atoms with Crippen molar-refractivity contribution in [1.29, 1.82) is 0 Å². The number of benzene rings is 1. The Hall–Kier alpha value is -1.74. The van der Waals surface area contributed by atoms with E-state index < -0.39 is 34.6 Å². The Bertz CT molecular complexity index is 625. The molecule has 0 aliphatic carbocycles. The third-order valence-corrected chi connectivity index (χ3v) is 5.22. The Balaban J connectivity index is 1.86. The number of amides is 1.